The molecule has 0 spiro atoms. The Bertz CT molecular complexity index is 323. The van der Waals surface area contributed by atoms with Crippen molar-refractivity contribution in [3.63, 3.8) is 0 Å². The van der Waals surface area contributed by atoms with Gasteiger partial charge in [-0.3, -0.25) is 4.79 Å². The van der Waals surface area contributed by atoms with Crippen LogP contribution in [0.15, 0.2) is 18.2 Å². The summed E-state index contributed by atoms with van der Waals surface area (Å²) in [5.74, 6) is -0.272. The Balaban J connectivity index is 2.91. The number of aromatic hydroxyl groups is 1. The lowest BCUT2D eigenvalue weighted by molar-refractivity contribution is -0.132. The van der Waals surface area contributed by atoms with Crippen LogP contribution in [0.3, 0.4) is 0 Å². The highest BCUT2D eigenvalue weighted by molar-refractivity contribution is 9.08. The zero-order valence-corrected chi connectivity index (χ0v) is 8.67. The molecule has 70 valence electrons. The molecule has 4 heteroatoms. The molecule has 1 aromatic rings. The van der Waals surface area contributed by atoms with E-state index in [4.69, 9.17) is 4.74 Å². The van der Waals surface area contributed by atoms with Crippen LogP contribution in [0, 0.1) is 0 Å². The molecule has 3 nitrogen and oxygen atoms in total. The summed E-state index contributed by atoms with van der Waals surface area (Å²) in [5.41, 5.74) is 0.924. The first-order valence-electron chi connectivity index (χ1n) is 3.69. The highest BCUT2D eigenvalue weighted by atomic mass is 79.9. The normalized spacial score (nSPS) is 9.69. The second-order valence-electron chi connectivity index (χ2n) is 2.53. The van der Waals surface area contributed by atoms with Gasteiger partial charge in [0.1, 0.15) is 0 Å². The fraction of sp³-hybridized carbons (Fsp3) is 0.222. The largest absolute Gasteiger partial charge is 0.504 e. The molecule has 0 heterocycles. The second-order valence-corrected chi connectivity index (χ2v) is 3.09. The molecule has 0 aliphatic heterocycles. The first kappa shape index (κ1) is 10.1. The zero-order valence-electron chi connectivity index (χ0n) is 7.08. The Morgan fingerprint density at radius 2 is 2.31 bits per heavy atom. The lowest BCUT2D eigenvalue weighted by Gasteiger charge is -2.04. The number of benzene rings is 1. The molecule has 0 amide bonds. The molecule has 13 heavy (non-hydrogen) atoms. The Morgan fingerprint density at radius 3 is 2.77 bits per heavy atom. The van der Waals surface area contributed by atoms with Gasteiger partial charge in [0.25, 0.3) is 0 Å². The fourth-order valence-corrected chi connectivity index (χ4v) is 1.24. The van der Waals surface area contributed by atoms with Gasteiger partial charge in [0.05, 0.1) is 0 Å². The molecular weight excluding hydrogens is 236 g/mol. The average Bonchev–Trinajstić information content (AvgIpc) is 2.08. The number of carbonyl (C=O) groups excluding carboxylic acids is 1. The first-order chi connectivity index (χ1) is 6.13. The minimum Gasteiger partial charge on any atom is -0.504 e. The summed E-state index contributed by atoms with van der Waals surface area (Å²) in [7, 11) is 0. The van der Waals surface area contributed by atoms with E-state index < -0.39 is 5.97 Å². The summed E-state index contributed by atoms with van der Waals surface area (Å²) in [4.78, 5) is 10.6. The van der Waals surface area contributed by atoms with Gasteiger partial charge in [0.15, 0.2) is 11.5 Å². The van der Waals surface area contributed by atoms with E-state index in [0.717, 1.165) is 5.56 Å². The predicted molar refractivity (Wildman–Crippen MR) is 52.0 cm³/mol. The molecular formula is C9H9BrO3. The quantitative estimate of drug-likeness (QED) is 0.493. The highest BCUT2D eigenvalue weighted by Gasteiger charge is 2.05. The zero-order chi connectivity index (χ0) is 9.84. The van der Waals surface area contributed by atoms with Crippen LogP contribution in [0.1, 0.15) is 12.5 Å². The van der Waals surface area contributed by atoms with Crippen LogP contribution in [0.5, 0.6) is 11.5 Å². The molecule has 0 aromatic heterocycles. The molecule has 0 saturated heterocycles. The van der Waals surface area contributed by atoms with Gasteiger partial charge in [-0.15, -0.1) is 0 Å². The standard InChI is InChI=1S/C9H9BrO3/c1-6(11)13-9-3-2-7(5-10)4-8(9)12/h2-4,12H,5H2,1H3. The van der Waals surface area contributed by atoms with Crippen LogP contribution in [0.25, 0.3) is 0 Å². The van der Waals surface area contributed by atoms with Crippen molar-refractivity contribution in [2.75, 3.05) is 0 Å². The number of hydrogen-bond donors (Lipinski definition) is 1. The van der Waals surface area contributed by atoms with Crippen LogP contribution in [0.2, 0.25) is 0 Å². The van der Waals surface area contributed by atoms with Gasteiger partial charge in [-0.1, -0.05) is 22.0 Å². The summed E-state index contributed by atoms with van der Waals surface area (Å²) in [5, 5.41) is 10.0. The van der Waals surface area contributed by atoms with Crippen molar-refractivity contribution in [1.29, 1.82) is 0 Å². The van der Waals surface area contributed by atoms with Crippen LogP contribution in [-0.2, 0) is 10.1 Å². The molecule has 0 aliphatic carbocycles. The third kappa shape index (κ3) is 2.73. The van der Waals surface area contributed by atoms with Crippen molar-refractivity contribution in [3.05, 3.63) is 23.8 Å². The Morgan fingerprint density at radius 1 is 1.62 bits per heavy atom. The van der Waals surface area contributed by atoms with E-state index >= 15 is 0 Å². The number of carbonyl (C=O) groups is 1. The number of ether oxygens (including phenoxy) is 1. The molecule has 0 radical (unpaired) electrons. The van der Waals surface area contributed by atoms with Gasteiger partial charge >= 0.3 is 5.97 Å². The molecule has 1 rings (SSSR count). The van der Waals surface area contributed by atoms with Crippen molar-refractivity contribution >= 4 is 21.9 Å². The maximum atomic E-state index is 10.6. The van der Waals surface area contributed by atoms with Crippen molar-refractivity contribution < 1.29 is 14.6 Å². The predicted octanol–water partition coefficient (Wildman–Crippen LogP) is 2.21. The summed E-state index contributed by atoms with van der Waals surface area (Å²) in [6.45, 7) is 1.29. The maximum absolute atomic E-state index is 10.6. The van der Waals surface area contributed by atoms with E-state index in [1.165, 1.54) is 6.92 Å². The summed E-state index contributed by atoms with van der Waals surface area (Å²) in [6, 6.07) is 4.88. The van der Waals surface area contributed by atoms with Gasteiger partial charge in [-0.25, -0.2) is 0 Å². The third-order valence-corrected chi connectivity index (χ3v) is 2.08. The van der Waals surface area contributed by atoms with Crippen LogP contribution < -0.4 is 4.74 Å². The molecule has 0 fully saturated rings. The van der Waals surface area contributed by atoms with Crippen molar-refractivity contribution in [1.82, 2.24) is 0 Å². The number of halogens is 1. The SMILES string of the molecule is CC(=O)Oc1ccc(CBr)cc1O. The molecule has 1 N–H and O–H groups in total. The number of alkyl halides is 1. The van der Waals surface area contributed by atoms with Crippen LogP contribution >= 0.6 is 15.9 Å². The minimum absolute atomic E-state index is 0.0212. The topological polar surface area (TPSA) is 46.5 Å². The molecule has 0 atom stereocenters. The van der Waals surface area contributed by atoms with Crippen molar-refractivity contribution in [2.24, 2.45) is 0 Å². The maximum Gasteiger partial charge on any atom is 0.308 e. The molecule has 0 aliphatic rings. The van der Waals surface area contributed by atoms with Crippen LogP contribution in [0.4, 0.5) is 0 Å². The number of esters is 1. The van der Waals surface area contributed by atoms with Gasteiger partial charge in [0.2, 0.25) is 0 Å². The fourth-order valence-electron chi connectivity index (χ4n) is 0.887. The Kier molecular flexibility index (Phi) is 3.31. The van der Waals surface area contributed by atoms with E-state index in [0.29, 0.717) is 5.33 Å². The second kappa shape index (κ2) is 4.28. The Hall–Kier alpha value is -1.03. The molecule has 0 bridgehead atoms. The van der Waals surface area contributed by atoms with Gasteiger partial charge in [0, 0.05) is 12.3 Å². The molecule has 0 saturated carbocycles. The van der Waals surface area contributed by atoms with Crippen molar-refractivity contribution in [2.45, 2.75) is 12.3 Å². The molecule has 0 unspecified atom stereocenters. The van der Waals surface area contributed by atoms with Gasteiger partial charge < -0.3 is 9.84 Å². The number of rotatable bonds is 2. The van der Waals surface area contributed by atoms with E-state index in [9.17, 15) is 9.90 Å². The lowest BCUT2D eigenvalue weighted by Crippen LogP contribution is -2.01. The number of hydrogen-bond acceptors (Lipinski definition) is 3. The van der Waals surface area contributed by atoms with E-state index in [1.807, 2.05) is 0 Å². The van der Waals surface area contributed by atoms with E-state index in [2.05, 4.69) is 15.9 Å². The average molecular weight is 245 g/mol. The minimum atomic E-state index is -0.443. The monoisotopic (exact) mass is 244 g/mol. The Labute approximate surface area is 84.5 Å². The summed E-state index contributed by atoms with van der Waals surface area (Å²) < 4.78 is 4.74. The number of phenolic OH excluding ortho intramolecular Hbond substituents is 1. The van der Waals surface area contributed by atoms with Crippen LogP contribution in [-0.4, -0.2) is 11.1 Å². The number of phenols is 1. The van der Waals surface area contributed by atoms with Gasteiger partial charge in [-0.2, -0.15) is 0 Å². The third-order valence-electron chi connectivity index (χ3n) is 1.43. The molecule has 1 aromatic carbocycles. The van der Waals surface area contributed by atoms with Crippen molar-refractivity contribution in [3.8, 4) is 11.5 Å². The summed E-state index contributed by atoms with van der Waals surface area (Å²) >= 11 is 3.25. The lowest BCUT2D eigenvalue weighted by atomic mass is 10.2. The first-order valence-corrected chi connectivity index (χ1v) is 4.82. The van der Waals surface area contributed by atoms with Gasteiger partial charge in [-0.05, 0) is 17.7 Å². The smallest absolute Gasteiger partial charge is 0.308 e. The van der Waals surface area contributed by atoms with E-state index in [-0.39, 0.29) is 11.5 Å². The van der Waals surface area contributed by atoms with E-state index in [1.54, 1.807) is 18.2 Å². The summed E-state index contributed by atoms with van der Waals surface area (Å²) in [6.07, 6.45) is 0. The highest BCUT2D eigenvalue weighted by Crippen LogP contribution is 2.27.